The molecule has 0 heterocycles. The van der Waals surface area contributed by atoms with Crippen LogP contribution in [0.15, 0.2) is 12.1 Å². The van der Waals surface area contributed by atoms with E-state index in [-0.39, 0.29) is 29.4 Å². The molecule has 0 unspecified atom stereocenters. The molecule has 1 aliphatic rings. The number of halogens is 3. The Morgan fingerprint density at radius 3 is 2.22 bits per heavy atom. The highest BCUT2D eigenvalue weighted by molar-refractivity contribution is 6.74. The van der Waals surface area contributed by atoms with Gasteiger partial charge in [-0.05, 0) is 37.0 Å². The highest BCUT2D eigenvalue weighted by atomic mass is 28.4. The monoisotopic (exact) mass is 346 g/mol. The average Bonchev–Trinajstić information content (AvgIpc) is 2.39. The predicted octanol–water partition coefficient (Wildman–Crippen LogP) is 5.17. The van der Waals surface area contributed by atoms with Gasteiger partial charge in [0, 0.05) is 11.7 Å². The van der Waals surface area contributed by atoms with E-state index in [1.807, 2.05) is 0 Å². The Balaban J connectivity index is 1.80. The minimum atomic E-state index is -1.78. The van der Waals surface area contributed by atoms with Crippen molar-refractivity contribution in [1.29, 1.82) is 0 Å². The summed E-state index contributed by atoms with van der Waals surface area (Å²) in [6.45, 7) is 10.9. The first-order valence-corrected chi connectivity index (χ1v) is 10.8. The van der Waals surface area contributed by atoms with E-state index in [0.29, 0.717) is 0 Å². The largest absolute Gasteiger partial charge is 0.414 e. The van der Waals surface area contributed by atoms with Crippen LogP contribution in [0.5, 0.6) is 0 Å². The second kappa shape index (κ2) is 6.57. The van der Waals surface area contributed by atoms with Crippen LogP contribution >= 0.6 is 0 Å². The smallest absolute Gasteiger partial charge is 0.194 e. The molecule has 0 bridgehead atoms. The fraction of sp³-hybridized carbons (Fsp3) is 0.647. The molecule has 0 radical (unpaired) electrons. The second-order valence-electron chi connectivity index (χ2n) is 7.74. The Bertz CT molecular complexity index is 564. The van der Waals surface area contributed by atoms with Crippen LogP contribution < -0.4 is 0 Å². The molecule has 6 heteroatoms. The summed E-state index contributed by atoms with van der Waals surface area (Å²) in [5.74, 6) is -3.80. The van der Waals surface area contributed by atoms with Crippen molar-refractivity contribution in [3.63, 3.8) is 0 Å². The predicted molar refractivity (Wildman–Crippen MR) is 86.2 cm³/mol. The van der Waals surface area contributed by atoms with Gasteiger partial charge < -0.3 is 9.16 Å². The molecule has 130 valence electrons. The maximum Gasteiger partial charge on any atom is 0.194 e. The molecule has 1 saturated carbocycles. The summed E-state index contributed by atoms with van der Waals surface area (Å²) in [6, 6.07) is 2.14. The number of benzene rings is 1. The minimum Gasteiger partial charge on any atom is -0.414 e. The first-order chi connectivity index (χ1) is 10.5. The Morgan fingerprint density at radius 1 is 1.04 bits per heavy atom. The maximum absolute atomic E-state index is 13.6. The molecule has 2 rings (SSSR count). The van der Waals surface area contributed by atoms with Gasteiger partial charge in [-0.2, -0.15) is 0 Å². The Labute approximate surface area is 137 Å². The fourth-order valence-electron chi connectivity index (χ4n) is 2.23. The lowest BCUT2D eigenvalue weighted by atomic mass is 9.92. The second-order valence-corrected chi connectivity index (χ2v) is 12.5. The van der Waals surface area contributed by atoms with Gasteiger partial charge >= 0.3 is 0 Å². The van der Waals surface area contributed by atoms with Gasteiger partial charge in [-0.25, -0.2) is 13.2 Å². The molecule has 0 aliphatic heterocycles. The van der Waals surface area contributed by atoms with Crippen molar-refractivity contribution >= 4 is 8.32 Å². The molecule has 0 amide bonds. The average molecular weight is 346 g/mol. The fourth-order valence-corrected chi connectivity index (χ4v) is 3.61. The van der Waals surface area contributed by atoms with Crippen LogP contribution in [0.25, 0.3) is 0 Å². The zero-order chi connectivity index (χ0) is 17.4. The molecular formula is C17H25F3O2Si. The van der Waals surface area contributed by atoms with Crippen molar-refractivity contribution < 1.29 is 22.3 Å². The van der Waals surface area contributed by atoms with Gasteiger partial charge in [-0.1, -0.05) is 26.8 Å². The highest BCUT2D eigenvalue weighted by Gasteiger charge is 2.42. The summed E-state index contributed by atoms with van der Waals surface area (Å²) in [7, 11) is -1.78. The van der Waals surface area contributed by atoms with E-state index in [1.165, 1.54) is 6.07 Å². The number of ether oxygens (including phenoxy) is 1. The lowest BCUT2D eigenvalue weighted by Gasteiger charge is -2.44. The number of rotatable bonds is 5. The maximum atomic E-state index is 13.6. The lowest BCUT2D eigenvalue weighted by Crippen LogP contribution is -2.49. The van der Waals surface area contributed by atoms with Gasteiger partial charge in [-0.15, -0.1) is 0 Å². The topological polar surface area (TPSA) is 18.5 Å². The standard InChI is InChI=1S/C17H25F3O2Si/c1-17(2,3)23(4,5)22-13-8-12(9-13)21-10-11-6-7-14(18)16(20)15(11)19/h6-7,12-13H,8-10H2,1-5H3/t12-,13+. The van der Waals surface area contributed by atoms with E-state index in [2.05, 4.69) is 33.9 Å². The molecule has 1 aliphatic carbocycles. The van der Waals surface area contributed by atoms with E-state index in [9.17, 15) is 13.2 Å². The van der Waals surface area contributed by atoms with Crippen LogP contribution in [0.4, 0.5) is 13.2 Å². The Hall–Kier alpha value is -0.853. The quantitative estimate of drug-likeness (QED) is 0.541. The van der Waals surface area contributed by atoms with Crippen molar-refractivity contribution in [1.82, 2.24) is 0 Å². The first kappa shape index (κ1) is 18.5. The summed E-state index contributed by atoms with van der Waals surface area (Å²) in [5, 5.41) is 0.160. The zero-order valence-electron chi connectivity index (χ0n) is 14.4. The van der Waals surface area contributed by atoms with Crippen LogP contribution in [0.1, 0.15) is 39.2 Å². The number of hydrogen-bond acceptors (Lipinski definition) is 2. The first-order valence-electron chi connectivity index (χ1n) is 7.93. The number of hydrogen-bond donors (Lipinski definition) is 0. The summed E-state index contributed by atoms with van der Waals surface area (Å²) in [6.07, 6.45) is 1.68. The van der Waals surface area contributed by atoms with Gasteiger partial charge in [-0.3, -0.25) is 0 Å². The summed E-state index contributed by atoms with van der Waals surface area (Å²) >= 11 is 0. The molecular weight excluding hydrogens is 321 g/mol. The van der Waals surface area contributed by atoms with Crippen molar-refractivity contribution in [3.05, 3.63) is 35.1 Å². The van der Waals surface area contributed by atoms with E-state index < -0.39 is 25.8 Å². The molecule has 1 fully saturated rings. The van der Waals surface area contributed by atoms with Crippen LogP contribution in [-0.4, -0.2) is 20.5 Å². The normalized spacial score (nSPS) is 22.1. The molecule has 0 saturated heterocycles. The third kappa shape index (κ3) is 4.16. The van der Waals surface area contributed by atoms with Crippen molar-refractivity contribution in [2.45, 2.75) is 70.6 Å². The molecule has 23 heavy (non-hydrogen) atoms. The van der Waals surface area contributed by atoms with Gasteiger partial charge in [0.2, 0.25) is 0 Å². The van der Waals surface area contributed by atoms with Crippen LogP contribution in [0, 0.1) is 17.5 Å². The summed E-state index contributed by atoms with van der Waals surface area (Å²) < 4.78 is 51.4. The zero-order valence-corrected chi connectivity index (χ0v) is 15.4. The molecule has 1 aromatic rings. The van der Waals surface area contributed by atoms with Crippen molar-refractivity contribution in [2.24, 2.45) is 0 Å². The van der Waals surface area contributed by atoms with Crippen LogP contribution in [0.2, 0.25) is 18.1 Å². The summed E-state index contributed by atoms with van der Waals surface area (Å²) in [5.41, 5.74) is 0.0395. The van der Waals surface area contributed by atoms with Crippen LogP contribution in [-0.2, 0) is 15.8 Å². The summed E-state index contributed by atoms with van der Waals surface area (Å²) in [4.78, 5) is 0. The minimum absolute atomic E-state index is 0.0164. The van der Waals surface area contributed by atoms with Crippen LogP contribution in [0.3, 0.4) is 0 Å². The van der Waals surface area contributed by atoms with Gasteiger partial charge in [0.1, 0.15) is 0 Å². The molecule has 0 spiro atoms. The SMILES string of the molecule is CC(C)(C)[Si](C)(C)O[C@H]1C[C@@H](OCc2ccc(F)c(F)c2F)C1. The third-order valence-corrected chi connectivity index (χ3v) is 9.44. The van der Waals surface area contributed by atoms with Crippen molar-refractivity contribution in [2.75, 3.05) is 0 Å². The Kier molecular flexibility index (Phi) is 5.28. The van der Waals surface area contributed by atoms with E-state index in [0.717, 1.165) is 18.9 Å². The van der Waals surface area contributed by atoms with Gasteiger partial charge in [0.05, 0.1) is 12.7 Å². The van der Waals surface area contributed by atoms with Crippen molar-refractivity contribution in [3.8, 4) is 0 Å². The third-order valence-electron chi connectivity index (χ3n) is 4.91. The van der Waals surface area contributed by atoms with E-state index in [1.54, 1.807) is 0 Å². The molecule has 2 nitrogen and oxygen atoms in total. The lowest BCUT2D eigenvalue weighted by molar-refractivity contribution is -0.0733. The van der Waals surface area contributed by atoms with E-state index >= 15 is 0 Å². The van der Waals surface area contributed by atoms with Gasteiger partial charge in [0.25, 0.3) is 0 Å². The molecule has 0 N–H and O–H groups in total. The molecule has 0 aromatic heterocycles. The van der Waals surface area contributed by atoms with Gasteiger partial charge in [0.15, 0.2) is 25.8 Å². The molecule has 1 aromatic carbocycles. The highest BCUT2D eigenvalue weighted by Crippen LogP contribution is 2.40. The van der Waals surface area contributed by atoms with E-state index in [4.69, 9.17) is 9.16 Å². The molecule has 0 atom stereocenters. The Morgan fingerprint density at radius 2 is 1.65 bits per heavy atom.